The fraction of sp³-hybridized carbons (Fsp3) is 0.429. The summed E-state index contributed by atoms with van der Waals surface area (Å²) in [5.41, 5.74) is -0.0179. The molecule has 0 bridgehead atoms. The van der Waals surface area contributed by atoms with Gasteiger partial charge >= 0.3 is 12.1 Å². The summed E-state index contributed by atoms with van der Waals surface area (Å²) in [7, 11) is 4.20. The fourth-order valence-corrected chi connectivity index (χ4v) is 1.52. The van der Waals surface area contributed by atoms with E-state index >= 15 is 0 Å². The summed E-state index contributed by atoms with van der Waals surface area (Å²) in [6.07, 6.45) is -0.517. The van der Waals surface area contributed by atoms with Crippen molar-refractivity contribution in [1.82, 2.24) is 0 Å². The van der Waals surface area contributed by atoms with E-state index in [0.29, 0.717) is 12.2 Å². The maximum Gasteiger partial charge on any atom is 0.543 e. The van der Waals surface area contributed by atoms with Crippen LogP contribution in [0.4, 0.5) is 4.79 Å². The van der Waals surface area contributed by atoms with Crippen LogP contribution in [0.2, 0.25) is 0 Å². The number of hydrogen-bond donors (Lipinski definition) is 0. The standard InChI is InChI=1S/C14H18O9/c1-5-6-20-14(16)22-23-21-13(15)9-7-11(18-3)12(19-4)8-10(9)17-2/h7-8H,5-6H2,1-4H3. The van der Waals surface area contributed by atoms with Gasteiger partial charge in [0.1, 0.15) is 11.3 Å². The van der Waals surface area contributed by atoms with Gasteiger partial charge < -0.3 is 18.9 Å². The summed E-state index contributed by atoms with van der Waals surface area (Å²) in [5.74, 6) is -0.166. The predicted molar refractivity (Wildman–Crippen MR) is 75.3 cm³/mol. The SMILES string of the molecule is CCCOC(=O)OOOC(=O)c1cc(OC)c(OC)cc1OC. The van der Waals surface area contributed by atoms with Crippen molar-refractivity contribution in [2.45, 2.75) is 13.3 Å². The van der Waals surface area contributed by atoms with Crippen LogP contribution >= 0.6 is 0 Å². The molecule has 9 nitrogen and oxygen atoms in total. The number of rotatable bonds is 8. The van der Waals surface area contributed by atoms with E-state index in [2.05, 4.69) is 19.6 Å². The Balaban J connectivity index is 2.73. The third-order valence-corrected chi connectivity index (χ3v) is 2.56. The summed E-state index contributed by atoms with van der Waals surface area (Å²) >= 11 is 0. The molecule has 0 atom stereocenters. The molecule has 0 radical (unpaired) electrons. The predicted octanol–water partition coefficient (Wildman–Crippen LogP) is 2.28. The van der Waals surface area contributed by atoms with Gasteiger partial charge in [-0.25, -0.2) is 14.5 Å². The minimum atomic E-state index is -1.13. The molecule has 0 unspecified atom stereocenters. The number of carbonyl (C=O) groups excluding carboxylic acids is 2. The molecule has 0 aromatic heterocycles. The molecular formula is C14H18O9. The van der Waals surface area contributed by atoms with E-state index in [-0.39, 0.29) is 23.7 Å². The maximum atomic E-state index is 11.9. The zero-order chi connectivity index (χ0) is 17.2. The largest absolute Gasteiger partial charge is 0.543 e. The molecule has 0 fully saturated rings. The minimum absolute atomic E-state index is 0.0179. The van der Waals surface area contributed by atoms with Crippen LogP contribution in [0.15, 0.2) is 12.1 Å². The third kappa shape index (κ3) is 5.22. The Morgan fingerprint density at radius 3 is 2.09 bits per heavy atom. The van der Waals surface area contributed by atoms with Gasteiger partial charge in [0.2, 0.25) is 0 Å². The van der Waals surface area contributed by atoms with Crippen LogP contribution in [-0.4, -0.2) is 40.1 Å². The average molecular weight is 330 g/mol. The molecule has 0 aliphatic rings. The molecular weight excluding hydrogens is 312 g/mol. The molecule has 0 heterocycles. The maximum absolute atomic E-state index is 11.9. The smallest absolute Gasteiger partial charge is 0.496 e. The van der Waals surface area contributed by atoms with Gasteiger partial charge in [-0.1, -0.05) is 6.92 Å². The molecule has 23 heavy (non-hydrogen) atoms. The molecule has 9 heteroatoms. The van der Waals surface area contributed by atoms with Gasteiger partial charge in [0.25, 0.3) is 0 Å². The second-order valence-electron chi connectivity index (χ2n) is 4.03. The number of methoxy groups -OCH3 is 3. The highest BCUT2D eigenvalue weighted by Gasteiger charge is 2.21. The Hall–Kier alpha value is -2.68. The molecule has 0 amide bonds. The van der Waals surface area contributed by atoms with Gasteiger partial charge in [-0.3, -0.25) is 4.89 Å². The highest BCUT2D eigenvalue weighted by molar-refractivity contribution is 5.93. The fourth-order valence-electron chi connectivity index (χ4n) is 1.52. The van der Waals surface area contributed by atoms with Crippen molar-refractivity contribution in [3.8, 4) is 17.2 Å². The number of hydrogen-bond acceptors (Lipinski definition) is 9. The first-order chi connectivity index (χ1) is 11.1. The highest BCUT2D eigenvalue weighted by atomic mass is 17.5. The summed E-state index contributed by atoms with van der Waals surface area (Å²) in [6, 6.07) is 2.77. The molecule has 1 aromatic carbocycles. The van der Waals surface area contributed by atoms with E-state index < -0.39 is 12.1 Å². The van der Waals surface area contributed by atoms with Gasteiger partial charge in [-0.05, 0) is 6.42 Å². The van der Waals surface area contributed by atoms with Crippen LogP contribution < -0.4 is 14.2 Å². The van der Waals surface area contributed by atoms with E-state index in [1.807, 2.05) is 0 Å². The first-order valence-corrected chi connectivity index (χ1v) is 6.59. The Morgan fingerprint density at radius 2 is 1.52 bits per heavy atom. The van der Waals surface area contributed by atoms with Gasteiger partial charge in [0.05, 0.1) is 33.0 Å². The van der Waals surface area contributed by atoms with E-state index in [4.69, 9.17) is 14.2 Å². The van der Waals surface area contributed by atoms with E-state index in [9.17, 15) is 9.59 Å². The Morgan fingerprint density at radius 1 is 0.913 bits per heavy atom. The Labute approximate surface area is 132 Å². The lowest BCUT2D eigenvalue weighted by Crippen LogP contribution is -2.13. The van der Waals surface area contributed by atoms with Crippen molar-refractivity contribution in [2.75, 3.05) is 27.9 Å². The van der Waals surface area contributed by atoms with Crippen LogP contribution in [0.25, 0.3) is 0 Å². The van der Waals surface area contributed by atoms with Crippen LogP contribution in [0.1, 0.15) is 23.7 Å². The second-order valence-corrected chi connectivity index (χ2v) is 4.03. The third-order valence-electron chi connectivity index (χ3n) is 2.56. The quantitative estimate of drug-likeness (QED) is 0.404. The lowest BCUT2D eigenvalue weighted by atomic mass is 10.1. The summed E-state index contributed by atoms with van der Waals surface area (Å²) in [6.45, 7) is 1.96. The molecule has 0 saturated carbocycles. The monoisotopic (exact) mass is 330 g/mol. The first-order valence-electron chi connectivity index (χ1n) is 6.59. The highest BCUT2D eigenvalue weighted by Crippen LogP contribution is 2.34. The van der Waals surface area contributed by atoms with Crippen molar-refractivity contribution >= 4 is 12.1 Å². The Kier molecular flexibility index (Phi) is 7.48. The lowest BCUT2D eigenvalue weighted by Gasteiger charge is -2.12. The van der Waals surface area contributed by atoms with Crippen molar-refractivity contribution in [3.05, 3.63) is 17.7 Å². The molecule has 128 valence electrons. The topological polar surface area (TPSA) is 98.8 Å². The Bertz CT molecular complexity index is 541. The summed E-state index contributed by atoms with van der Waals surface area (Å²) in [5, 5.41) is 4.09. The van der Waals surface area contributed by atoms with E-state index in [0.717, 1.165) is 0 Å². The number of ether oxygens (including phenoxy) is 4. The van der Waals surface area contributed by atoms with Crippen molar-refractivity contribution < 1.29 is 43.3 Å². The normalized spacial score (nSPS) is 9.74. The van der Waals surface area contributed by atoms with Gasteiger partial charge in [0.15, 0.2) is 11.5 Å². The molecule has 0 spiro atoms. The van der Waals surface area contributed by atoms with Crippen molar-refractivity contribution in [1.29, 1.82) is 0 Å². The summed E-state index contributed by atoms with van der Waals surface area (Å²) in [4.78, 5) is 31.4. The van der Waals surface area contributed by atoms with Gasteiger partial charge in [-0.15, -0.1) is 0 Å². The zero-order valence-corrected chi connectivity index (χ0v) is 13.2. The first kappa shape index (κ1) is 18.4. The summed E-state index contributed by atoms with van der Waals surface area (Å²) < 4.78 is 19.8. The van der Waals surface area contributed by atoms with Gasteiger partial charge in [0, 0.05) is 12.1 Å². The minimum Gasteiger partial charge on any atom is -0.496 e. The number of benzene rings is 1. The van der Waals surface area contributed by atoms with Crippen molar-refractivity contribution in [2.24, 2.45) is 0 Å². The van der Waals surface area contributed by atoms with Crippen LogP contribution in [0.3, 0.4) is 0 Å². The lowest BCUT2D eigenvalue weighted by molar-refractivity contribution is -0.452. The van der Waals surface area contributed by atoms with Gasteiger partial charge in [-0.2, -0.15) is 0 Å². The van der Waals surface area contributed by atoms with Crippen LogP contribution in [0.5, 0.6) is 17.2 Å². The van der Waals surface area contributed by atoms with Crippen LogP contribution in [0, 0.1) is 0 Å². The molecule has 1 aromatic rings. The molecule has 1 rings (SSSR count). The van der Waals surface area contributed by atoms with Crippen molar-refractivity contribution in [3.63, 3.8) is 0 Å². The number of carbonyl (C=O) groups is 2. The molecule has 0 N–H and O–H groups in total. The molecule has 0 aliphatic carbocycles. The zero-order valence-electron chi connectivity index (χ0n) is 13.2. The molecule has 0 aliphatic heterocycles. The van der Waals surface area contributed by atoms with Crippen LogP contribution in [-0.2, 0) is 19.6 Å². The second kappa shape index (κ2) is 9.36. The molecule has 0 saturated heterocycles. The average Bonchev–Trinajstić information content (AvgIpc) is 2.58. The van der Waals surface area contributed by atoms with E-state index in [1.54, 1.807) is 6.92 Å². The van der Waals surface area contributed by atoms with E-state index in [1.165, 1.54) is 33.5 Å².